The van der Waals surface area contributed by atoms with E-state index >= 15 is 0 Å². The van der Waals surface area contributed by atoms with Crippen molar-refractivity contribution in [3.8, 4) is 0 Å². The molecule has 0 aliphatic rings. The van der Waals surface area contributed by atoms with Gasteiger partial charge >= 0.3 is 0 Å². The van der Waals surface area contributed by atoms with Crippen molar-refractivity contribution < 1.29 is 8.42 Å². The molecule has 0 saturated carbocycles. The highest BCUT2D eigenvalue weighted by molar-refractivity contribution is 9.10. The zero-order valence-corrected chi connectivity index (χ0v) is 15.2. The highest BCUT2D eigenvalue weighted by Gasteiger charge is 2.23. The van der Waals surface area contributed by atoms with E-state index in [9.17, 15) is 8.42 Å². The van der Waals surface area contributed by atoms with Crippen molar-refractivity contribution in [1.82, 2.24) is 19.6 Å². The number of hydrogen-bond acceptors (Lipinski definition) is 5. The number of fused-ring (bicyclic) bond motifs is 1. The molecule has 120 valence electrons. The highest BCUT2D eigenvalue weighted by Crippen LogP contribution is 2.31. The predicted octanol–water partition coefficient (Wildman–Crippen LogP) is 2.96. The van der Waals surface area contributed by atoms with Gasteiger partial charge in [-0.1, -0.05) is 17.7 Å². The van der Waals surface area contributed by atoms with Gasteiger partial charge in [-0.2, -0.15) is 13.4 Å². The molecule has 0 amide bonds. The largest absolute Gasteiger partial charge is 0.299 e. The van der Waals surface area contributed by atoms with Crippen molar-refractivity contribution >= 4 is 49.0 Å². The Balaban J connectivity index is 2.08. The van der Waals surface area contributed by atoms with E-state index in [2.05, 4.69) is 35.7 Å². The number of anilines is 1. The lowest BCUT2D eigenvalue weighted by Crippen LogP contribution is -2.15. The van der Waals surface area contributed by atoms with Gasteiger partial charge in [0.05, 0.1) is 10.7 Å². The Hall–Kier alpha value is -1.71. The minimum Gasteiger partial charge on any atom is -0.274 e. The Morgan fingerprint density at radius 2 is 2.00 bits per heavy atom. The zero-order chi connectivity index (χ0) is 16.8. The topological polar surface area (TPSA) is 89.3 Å². The molecule has 7 nitrogen and oxygen atoms in total. The second-order valence-electron chi connectivity index (χ2n) is 4.85. The summed E-state index contributed by atoms with van der Waals surface area (Å²) in [5.41, 5.74) is 1.70. The van der Waals surface area contributed by atoms with Crippen molar-refractivity contribution in [3.05, 3.63) is 45.1 Å². The van der Waals surface area contributed by atoms with Gasteiger partial charge in [0, 0.05) is 15.9 Å². The van der Waals surface area contributed by atoms with Crippen LogP contribution in [0.5, 0.6) is 0 Å². The first-order chi connectivity index (χ1) is 10.8. The van der Waals surface area contributed by atoms with Crippen molar-refractivity contribution in [2.24, 2.45) is 0 Å². The van der Waals surface area contributed by atoms with Crippen LogP contribution in [0.25, 0.3) is 5.78 Å². The maximum Gasteiger partial charge on any atom is 0.299 e. The summed E-state index contributed by atoms with van der Waals surface area (Å²) in [5.74, 6) is 0.223. The van der Waals surface area contributed by atoms with Gasteiger partial charge in [0.1, 0.15) is 0 Å². The number of sulfonamides is 1. The average molecular weight is 417 g/mol. The molecule has 1 N–H and O–H groups in total. The van der Waals surface area contributed by atoms with Crippen LogP contribution in [0.1, 0.15) is 11.4 Å². The van der Waals surface area contributed by atoms with Gasteiger partial charge in [-0.15, -0.1) is 5.10 Å². The third-order valence-electron chi connectivity index (χ3n) is 3.04. The molecule has 23 heavy (non-hydrogen) atoms. The minimum absolute atomic E-state index is 0.223. The average Bonchev–Trinajstić information content (AvgIpc) is 2.88. The molecule has 1 aromatic carbocycles. The minimum atomic E-state index is -4.00. The second-order valence-corrected chi connectivity index (χ2v) is 7.68. The smallest absolute Gasteiger partial charge is 0.274 e. The molecule has 0 aliphatic heterocycles. The van der Waals surface area contributed by atoms with E-state index in [1.165, 1.54) is 4.52 Å². The molecule has 3 aromatic rings. The van der Waals surface area contributed by atoms with Gasteiger partial charge in [-0.3, -0.25) is 4.72 Å². The SMILES string of the molecule is Cc1cc(C)n2nc(S(=O)(=O)Nc3c(Cl)cccc3Br)nc2n1. The van der Waals surface area contributed by atoms with E-state index in [0.717, 1.165) is 11.4 Å². The van der Waals surface area contributed by atoms with Crippen LogP contribution in [0.15, 0.2) is 33.9 Å². The summed E-state index contributed by atoms with van der Waals surface area (Å²) >= 11 is 9.29. The van der Waals surface area contributed by atoms with Gasteiger partial charge < -0.3 is 0 Å². The van der Waals surface area contributed by atoms with E-state index in [0.29, 0.717) is 4.47 Å². The highest BCUT2D eigenvalue weighted by atomic mass is 79.9. The zero-order valence-electron chi connectivity index (χ0n) is 12.1. The van der Waals surface area contributed by atoms with Gasteiger partial charge in [0.2, 0.25) is 0 Å². The molecule has 0 atom stereocenters. The monoisotopic (exact) mass is 415 g/mol. The molecule has 2 heterocycles. The van der Waals surface area contributed by atoms with Crippen LogP contribution in [0.4, 0.5) is 5.69 Å². The van der Waals surface area contributed by atoms with Crippen LogP contribution >= 0.6 is 27.5 Å². The molecule has 0 spiro atoms. The molecular formula is C13H11BrClN5O2S. The summed E-state index contributed by atoms with van der Waals surface area (Å²) in [7, 11) is -4.00. The number of nitrogens with one attached hydrogen (secondary N) is 1. The Morgan fingerprint density at radius 1 is 1.26 bits per heavy atom. The molecule has 0 aliphatic carbocycles. The van der Waals surface area contributed by atoms with Crippen molar-refractivity contribution in [2.45, 2.75) is 19.0 Å². The van der Waals surface area contributed by atoms with E-state index in [1.807, 2.05) is 0 Å². The normalized spacial score (nSPS) is 11.8. The van der Waals surface area contributed by atoms with Gasteiger partial charge in [0.25, 0.3) is 21.0 Å². The van der Waals surface area contributed by atoms with Gasteiger partial charge in [-0.05, 0) is 48.0 Å². The van der Waals surface area contributed by atoms with Crippen LogP contribution in [0, 0.1) is 13.8 Å². The van der Waals surface area contributed by atoms with Gasteiger partial charge in [-0.25, -0.2) is 9.50 Å². The number of para-hydroxylation sites is 1. The number of nitrogens with zero attached hydrogens (tertiary/aromatic N) is 4. The number of rotatable bonds is 3. The number of halogens is 2. The molecule has 2 aromatic heterocycles. The Labute approximate surface area is 145 Å². The molecule has 0 fully saturated rings. The van der Waals surface area contributed by atoms with Crippen LogP contribution in [0.2, 0.25) is 5.02 Å². The second kappa shape index (κ2) is 5.73. The first-order valence-corrected chi connectivity index (χ1v) is 9.11. The number of aromatic nitrogens is 4. The summed E-state index contributed by atoms with van der Waals surface area (Å²) in [5, 5.41) is 3.91. The molecule has 0 bridgehead atoms. The van der Waals surface area contributed by atoms with Crippen LogP contribution < -0.4 is 4.72 Å². The quantitative estimate of drug-likeness (QED) is 0.709. The Morgan fingerprint density at radius 3 is 2.70 bits per heavy atom. The Kier molecular flexibility index (Phi) is 4.03. The van der Waals surface area contributed by atoms with E-state index in [-0.39, 0.29) is 21.6 Å². The van der Waals surface area contributed by atoms with E-state index < -0.39 is 10.0 Å². The lowest BCUT2D eigenvalue weighted by atomic mass is 10.3. The molecule has 3 rings (SSSR count). The third-order valence-corrected chi connectivity index (χ3v) is 5.14. The summed E-state index contributed by atoms with van der Waals surface area (Å²) in [6.07, 6.45) is 0. The molecule has 0 saturated heterocycles. The summed E-state index contributed by atoms with van der Waals surface area (Å²) in [6, 6.07) is 6.74. The molecule has 0 radical (unpaired) electrons. The maximum atomic E-state index is 12.5. The predicted molar refractivity (Wildman–Crippen MR) is 90.2 cm³/mol. The lowest BCUT2D eigenvalue weighted by molar-refractivity contribution is 0.592. The number of benzene rings is 1. The fourth-order valence-electron chi connectivity index (χ4n) is 2.04. The van der Waals surface area contributed by atoms with E-state index in [4.69, 9.17) is 11.6 Å². The van der Waals surface area contributed by atoms with Gasteiger partial charge in [0.15, 0.2) is 0 Å². The van der Waals surface area contributed by atoms with Crippen molar-refractivity contribution in [1.29, 1.82) is 0 Å². The Bertz CT molecular complexity index is 998. The number of aryl methyl sites for hydroxylation is 2. The van der Waals surface area contributed by atoms with Crippen LogP contribution in [0.3, 0.4) is 0 Å². The number of hydrogen-bond donors (Lipinski definition) is 1. The first-order valence-electron chi connectivity index (χ1n) is 6.46. The third kappa shape index (κ3) is 3.04. The fourth-order valence-corrected chi connectivity index (χ4v) is 4.00. The van der Waals surface area contributed by atoms with E-state index in [1.54, 1.807) is 38.1 Å². The maximum absolute atomic E-state index is 12.5. The first kappa shape index (κ1) is 16.2. The van der Waals surface area contributed by atoms with Crippen molar-refractivity contribution in [2.75, 3.05) is 4.72 Å². The summed E-state index contributed by atoms with van der Waals surface area (Å²) in [4.78, 5) is 8.17. The fraction of sp³-hybridized carbons (Fsp3) is 0.154. The molecular weight excluding hydrogens is 406 g/mol. The molecule has 10 heteroatoms. The lowest BCUT2D eigenvalue weighted by Gasteiger charge is -2.08. The van der Waals surface area contributed by atoms with Crippen LogP contribution in [-0.2, 0) is 10.0 Å². The van der Waals surface area contributed by atoms with Crippen LogP contribution in [-0.4, -0.2) is 28.0 Å². The van der Waals surface area contributed by atoms with Crippen molar-refractivity contribution in [3.63, 3.8) is 0 Å². The molecule has 0 unspecified atom stereocenters. The standard InChI is InChI=1S/C13H11BrClN5O2S/c1-7-6-8(2)20-12(16-7)17-13(18-20)23(21,22)19-11-9(14)4-3-5-10(11)15/h3-6,19H,1-2H3. The summed E-state index contributed by atoms with van der Waals surface area (Å²) in [6.45, 7) is 3.60. The summed E-state index contributed by atoms with van der Waals surface area (Å²) < 4.78 is 29.3.